The van der Waals surface area contributed by atoms with Crippen LogP contribution >= 0.6 is 11.6 Å². The van der Waals surface area contributed by atoms with E-state index in [9.17, 15) is 4.79 Å². The van der Waals surface area contributed by atoms with Crippen LogP contribution in [0.25, 0.3) is 0 Å². The van der Waals surface area contributed by atoms with Gasteiger partial charge in [-0.1, -0.05) is 36.6 Å². The molecule has 1 amide bonds. The summed E-state index contributed by atoms with van der Waals surface area (Å²) in [5.41, 5.74) is 1.11. The normalized spacial score (nSPS) is 17.4. The molecule has 0 heterocycles. The van der Waals surface area contributed by atoms with Crippen LogP contribution in [0.3, 0.4) is 0 Å². The molecule has 1 saturated carbocycles. The molecule has 4 heteroatoms. The highest BCUT2D eigenvalue weighted by atomic mass is 35.5. The van der Waals surface area contributed by atoms with E-state index in [0.29, 0.717) is 12.5 Å². The Balaban J connectivity index is 2.15. The minimum Gasteiger partial charge on any atom is -0.348 e. The minimum absolute atomic E-state index is 0.0411. The molecule has 104 valence electrons. The van der Waals surface area contributed by atoms with Gasteiger partial charge in [0.15, 0.2) is 0 Å². The number of benzene rings is 1. The van der Waals surface area contributed by atoms with E-state index >= 15 is 0 Å². The first-order valence-electron chi connectivity index (χ1n) is 6.90. The largest absolute Gasteiger partial charge is 0.348 e. The molecular weight excluding hydrogens is 260 g/mol. The molecule has 3 nitrogen and oxygen atoms in total. The fraction of sp³-hybridized carbons (Fsp3) is 0.533. The monoisotopic (exact) mass is 280 g/mol. The van der Waals surface area contributed by atoms with Crippen LogP contribution in [-0.2, 0) is 4.79 Å². The number of rotatable bonds is 5. The third-order valence-electron chi connectivity index (χ3n) is 3.73. The molecule has 2 rings (SSSR count). The van der Waals surface area contributed by atoms with Crippen molar-refractivity contribution in [1.82, 2.24) is 10.6 Å². The smallest absolute Gasteiger partial charge is 0.234 e. The first-order chi connectivity index (χ1) is 9.20. The average molecular weight is 281 g/mol. The summed E-state index contributed by atoms with van der Waals surface area (Å²) in [4.78, 5) is 11.9. The van der Waals surface area contributed by atoms with E-state index in [0.717, 1.165) is 10.6 Å². The summed E-state index contributed by atoms with van der Waals surface area (Å²) >= 11 is 6.07. The van der Waals surface area contributed by atoms with Crippen LogP contribution in [-0.4, -0.2) is 19.5 Å². The lowest BCUT2D eigenvalue weighted by Crippen LogP contribution is -2.37. The molecule has 1 aromatic carbocycles. The van der Waals surface area contributed by atoms with Crippen molar-refractivity contribution in [2.75, 3.05) is 13.6 Å². The van der Waals surface area contributed by atoms with Gasteiger partial charge in [-0.2, -0.15) is 0 Å². The van der Waals surface area contributed by atoms with Crippen molar-refractivity contribution >= 4 is 17.5 Å². The zero-order valence-corrected chi connectivity index (χ0v) is 12.0. The predicted octanol–water partition coefficient (Wildman–Crippen LogP) is 2.91. The van der Waals surface area contributed by atoms with E-state index in [2.05, 4.69) is 16.7 Å². The third-order valence-corrected chi connectivity index (χ3v) is 3.97. The molecule has 1 aliphatic carbocycles. The zero-order valence-electron chi connectivity index (χ0n) is 11.3. The maximum atomic E-state index is 11.9. The van der Waals surface area contributed by atoms with Crippen molar-refractivity contribution in [3.8, 4) is 0 Å². The molecule has 1 aromatic rings. The van der Waals surface area contributed by atoms with Gasteiger partial charge in [0.1, 0.15) is 0 Å². The summed E-state index contributed by atoms with van der Waals surface area (Å²) in [7, 11) is 1.78. The van der Waals surface area contributed by atoms with Gasteiger partial charge in [0, 0.05) is 5.02 Å². The molecule has 0 aliphatic heterocycles. The number of amides is 1. The van der Waals surface area contributed by atoms with Crippen molar-refractivity contribution in [3.63, 3.8) is 0 Å². The lowest BCUT2D eigenvalue weighted by atomic mass is 9.91. The first-order valence-corrected chi connectivity index (χ1v) is 7.28. The van der Waals surface area contributed by atoms with Gasteiger partial charge >= 0.3 is 0 Å². The first kappa shape index (κ1) is 14.4. The van der Waals surface area contributed by atoms with Gasteiger partial charge in [0.05, 0.1) is 12.6 Å². The van der Waals surface area contributed by atoms with Gasteiger partial charge in [0.2, 0.25) is 5.91 Å². The van der Waals surface area contributed by atoms with E-state index in [1.54, 1.807) is 7.05 Å². The summed E-state index contributed by atoms with van der Waals surface area (Å²) in [6, 6.07) is 7.91. The highest BCUT2D eigenvalue weighted by Gasteiger charge is 2.27. The standard InChI is InChI=1S/C15H21ClN2O/c1-17-10-14(19)18-15(11-5-2-3-6-11)12-7-4-8-13(16)9-12/h4,7-9,11,15,17H,2-3,5-6,10H2,1H3,(H,18,19). The van der Waals surface area contributed by atoms with Crippen molar-refractivity contribution in [2.45, 2.75) is 31.7 Å². The highest BCUT2D eigenvalue weighted by molar-refractivity contribution is 6.30. The molecule has 1 fully saturated rings. The van der Waals surface area contributed by atoms with E-state index in [4.69, 9.17) is 11.6 Å². The van der Waals surface area contributed by atoms with Crippen LogP contribution < -0.4 is 10.6 Å². The fourth-order valence-electron chi connectivity index (χ4n) is 2.85. The Bertz CT molecular complexity index is 430. The molecule has 0 saturated heterocycles. The fourth-order valence-corrected chi connectivity index (χ4v) is 3.05. The summed E-state index contributed by atoms with van der Waals surface area (Å²) in [5.74, 6) is 0.568. The average Bonchev–Trinajstić information content (AvgIpc) is 2.90. The van der Waals surface area contributed by atoms with Crippen molar-refractivity contribution in [2.24, 2.45) is 5.92 Å². The van der Waals surface area contributed by atoms with Crippen LogP contribution in [0, 0.1) is 5.92 Å². The van der Waals surface area contributed by atoms with Gasteiger partial charge in [0.25, 0.3) is 0 Å². The number of nitrogens with one attached hydrogen (secondary N) is 2. The summed E-state index contributed by atoms with van der Waals surface area (Å²) in [6.45, 7) is 0.351. The quantitative estimate of drug-likeness (QED) is 0.871. The number of halogens is 1. The van der Waals surface area contributed by atoms with Crippen LogP contribution in [0.4, 0.5) is 0 Å². The zero-order chi connectivity index (χ0) is 13.7. The molecule has 0 aromatic heterocycles. The van der Waals surface area contributed by atoms with Gasteiger partial charge in [-0.3, -0.25) is 4.79 Å². The maximum absolute atomic E-state index is 11.9. The second-order valence-electron chi connectivity index (χ2n) is 5.18. The number of hydrogen-bond acceptors (Lipinski definition) is 2. The van der Waals surface area contributed by atoms with Gasteiger partial charge in [-0.25, -0.2) is 0 Å². The minimum atomic E-state index is 0.0411. The molecule has 19 heavy (non-hydrogen) atoms. The van der Waals surface area contributed by atoms with E-state index < -0.39 is 0 Å². The Morgan fingerprint density at radius 1 is 1.42 bits per heavy atom. The number of likely N-dealkylation sites (N-methyl/N-ethyl adjacent to an activating group) is 1. The van der Waals surface area contributed by atoms with Crippen molar-refractivity contribution < 1.29 is 4.79 Å². The van der Waals surface area contributed by atoms with Crippen LogP contribution in [0.1, 0.15) is 37.3 Å². The Hall–Kier alpha value is -1.06. The van der Waals surface area contributed by atoms with Crippen LogP contribution in [0.15, 0.2) is 24.3 Å². The summed E-state index contributed by atoms with van der Waals surface area (Å²) < 4.78 is 0. The topological polar surface area (TPSA) is 41.1 Å². The van der Waals surface area contributed by atoms with Crippen LogP contribution in [0.2, 0.25) is 5.02 Å². The van der Waals surface area contributed by atoms with Crippen molar-refractivity contribution in [3.05, 3.63) is 34.9 Å². The third kappa shape index (κ3) is 3.95. The molecule has 2 N–H and O–H groups in total. The van der Waals surface area contributed by atoms with Gasteiger partial charge < -0.3 is 10.6 Å². The molecular formula is C15H21ClN2O. The number of carbonyl (C=O) groups excluding carboxylic acids is 1. The van der Waals surface area contributed by atoms with E-state index in [1.807, 2.05) is 18.2 Å². The number of carbonyl (C=O) groups is 1. The Labute approximate surface area is 119 Å². The van der Waals surface area contributed by atoms with Crippen LogP contribution in [0.5, 0.6) is 0 Å². The van der Waals surface area contributed by atoms with Gasteiger partial charge in [-0.05, 0) is 43.5 Å². The molecule has 1 aliphatic rings. The molecule has 0 radical (unpaired) electrons. The molecule has 1 atom stereocenters. The summed E-state index contributed by atoms with van der Waals surface area (Å²) in [6.07, 6.45) is 4.86. The lowest BCUT2D eigenvalue weighted by molar-refractivity contribution is -0.121. The maximum Gasteiger partial charge on any atom is 0.234 e. The van der Waals surface area contributed by atoms with E-state index in [1.165, 1.54) is 25.7 Å². The summed E-state index contributed by atoms with van der Waals surface area (Å²) in [5, 5.41) is 6.76. The molecule has 0 spiro atoms. The SMILES string of the molecule is CNCC(=O)NC(c1cccc(Cl)c1)C1CCCC1. The lowest BCUT2D eigenvalue weighted by Gasteiger charge is -2.25. The van der Waals surface area contributed by atoms with Crippen molar-refractivity contribution in [1.29, 1.82) is 0 Å². The highest BCUT2D eigenvalue weighted by Crippen LogP contribution is 2.36. The molecule has 0 bridgehead atoms. The second kappa shape index (κ2) is 6.92. The molecule has 1 unspecified atom stereocenters. The number of hydrogen-bond donors (Lipinski definition) is 2. The predicted molar refractivity (Wildman–Crippen MR) is 78.2 cm³/mol. The van der Waals surface area contributed by atoms with Gasteiger partial charge in [-0.15, -0.1) is 0 Å². The Kier molecular flexibility index (Phi) is 5.23. The van der Waals surface area contributed by atoms with E-state index in [-0.39, 0.29) is 11.9 Å². The Morgan fingerprint density at radius 3 is 2.79 bits per heavy atom. The second-order valence-corrected chi connectivity index (χ2v) is 5.61. The Morgan fingerprint density at radius 2 is 2.16 bits per heavy atom.